The zero-order valence-electron chi connectivity index (χ0n) is 11.4. The summed E-state index contributed by atoms with van der Waals surface area (Å²) in [7, 11) is 1.69. The SMILES string of the molecule is CN(CCOc1ccc(Cl)cc1)C(=O)c1cc(Cl)ccn1. The van der Waals surface area contributed by atoms with Crippen molar-refractivity contribution in [3.8, 4) is 5.75 Å². The maximum atomic E-state index is 12.1. The van der Waals surface area contributed by atoms with Crippen LogP contribution in [-0.4, -0.2) is 36.0 Å². The maximum absolute atomic E-state index is 12.1. The van der Waals surface area contributed by atoms with Crippen LogP contribution in [0.15, 0.2) is 42.6 Å². The summed E-state index contributed by atoms with van der Waals surface area (Å²) >= 11 is 11.6. The van der Waals surface area contributed by atoms with Gasteiger partial charge in [0.15, 0.2) is 0 Å². The monoisotopic (exact) mass is 324 g/mol. The third kappa shape index (κ3) is 4.62. The normalized spacial score (nSPS) is 10.2. The molecule has 1 aromatic carbocycles. The van der Waals surface area contributed by atoms with Crippen LogP contribution >= 0.6 is 23.2 Å². The Morgan fingerprint density at radius 1 is 1.19 bits per heavy atom. The number of rotatable bonds is 5. The maximum Gasteiger partial charge on any atom is 0.272 e. The first-order chi connectivity index (χ1) is 10.1. The van der Waals surface area contributed by atoms with Crippen molar-refractivity contribution in [2.45, 2.75) is 0 Å². The quantitative estimate of drug-likeness (QED) is 0.844. The van der Waals surface area contributed by atoms with Crippen molar-refractivity contribution in [3.05, 3.63) is 58.3 Å². The molecule has 4 nitrogen and oxygen atoms in total. The zero-order valence-corrected chi connectivity index (χ0v) is 12.9. The van der Waals surface area contributed by atoms with Gasteiger partial charge in [-0.3, -0.25) is 9.78 Å². The van der Waals surface area contributed by atoms with Gasteiger partial charge in [0.25, 0.3) is 5.91 Å². The lowest BCUT2D eigenvalue weighted by Gasteiger charge is -2.17. The van der Waals surface area contributed by atoms with Crippen LogP contribution in [0.4, 0.5) is 0 Å². The first-order valence-electron chi connectivity index (χ1n) is 6.31. The summed E-state index contributed by atoms with van der Waals surface area (Å²) in [5.41, 5.74) is 0.316. The summed E-state index contributed by atoms with van der Waals surface area (Å²) in [6.45, 7) is 0.820. The molecular weight excluding hydrogens is 311 g/mol. The average Bonchev–Trinajstić information content (AvgIpc) is 2.48. The number of nitrogens with zero attached hydrogens (tertiary/aromatic N) is 2. The largest absolute Gasteiger partial charge is 0.492 e. The topological polar surface area (TPSA) is 42.4 Å². The van der Waals surface area contributed by atoms with Gasteiger partial charge in [0.2, 0.25) is 0 Å². The van der Waals surface area contributed by atoms with E-state index in [1.165, 1.54) is 11.1 Å². The van der Waals surface area contributed by atoms with Crippen molar-refractivity contribution in [2.24, 2.45) is 0 Å². The molecule has 0 unspecified atom stereocenters. The lowest BCUT2D eigenvalue weighted by molar-refractivity contribution is 0.0768. The van der Waals surface area contributed by atoms with Crippen LogP contribution in [0.5, 0.6) is 5.75 Å². The highest BCUT2D eigenvalue weighted by molar-refractivity contribution is 6.31. The number of halogens is 2. The summed E-state index contributed by atoms with van der Waals surface area (Å²) in [6.07, 6.45) is 1.51. The fourth-order valence-corrected chi connectivity index (χ4v) is 1.94. The number of likely N-dealkylation sites (N-methyl/N-ethyl adjacent to an activating group) is 1. The van der Waals surface area contributed by atoms with Crippen LogP contribution in [0.2, 0.25) is 10.0 Å². The smallest absolute Gasteiger partial charge is 0.272 e. The molecule has 0 bridgehead atoms. The number of pyridine rings is 1. The Bertz CT molecular complexity index is 617. The first kappa shape index (κ1) is 15.6. The summed E-state index contributed by atoms with van der Waals surface area (Å²) in [4.78, 5) is 17.7. The molecule has 1 heterocycles. The predicted octanol–water partition coefficient (Wildman–Crippen LogP) is 3.54. The second-order valence-electron chi connectivity index (χ2n) is 4.39. The van der Waals surface area contributed by atoms with E-state index in [-0.39, 0.29) is 5.91 Å². The van der Waals surface area contributed by atoms with E-state index in [1.54, 1.807) is 43.4 Å². The third-order valence-electron chi connectivity index (χ3n) is 2.80. The van der Waals surface area contributed by atoms with E-state index in [0.717, 1.165) is 0 Å². The Kier molecular flexibility index (Phi) is 5.42. The number of amides is 1. The Hall–Kier alpha value is -1.78. The van der Waals surface area contributed by atoms with Crippen LogP contribution in [0.3, 0.4) is 0 Å². The van der Waals surface area contributed by atoms with Crippen molar-refractivity contribution < 1.29 is 9.53 Å². The van der Waals surface area contributed by atoms with Gasteiger partial charge in [0.05, 0.1) is 6.54 Å². The fraction of sp³-hybridized carbons (Fsp3) is 0.200. The molecule has 0 N–H and O–H groups in total. The van der Waals surface area contributed by atoms with E-state index >= 15 is 0 Å². The van der Waals surface area contributed by atoms with Crippen molar-refractivity contribution in [3.63, 3.8) is 0 Å². The highest BCUT2D eigenvalue weighted by Crippen LogP contribution is 2.15. The van der Waals surface area contributed by atoms with E-state index < -0.39 is 0 Å². The van der Waals surface area contributed by atoms with E-state index in [0.29, 0.717) is 34.6 Å². The summed E-state index contributed by atoms with van der Waals surface area (Å²) in [6, 6.07) is 10.2. The molecule has 21 heavy (non-hydrogen) atoms. The van der Waals surface area contributed by atoms with Crippen molar-refractivity contribution >= 4 is 29.1 Å². The van der Waals surface area contributed by atoms with E-state index in [1.807, 2.05) is 0 Å². The van der Waals surface area contributed by atoms with Crippen molar-refractivity contribution in [2.75, 3.05) is 20.2 Å². The molecule has 0 fully saturated rings. The second kappa shape index (κ2) is 7.29. The minimum Gasteiger partial charge on any atom is -0.492 e. The van der Waals surface area contributed by atoms with Gasteiger partial charge in [-0.1, -0.05) is 23.2 Å². The highest BCUT2D eigenvalue weighted by atomic mass is 35.5. The predicted molar refractivity (Wildman–Crippen MR) is 83.2 cm³/mol. The molecular formula is C15H14Cl2N2O2. The first-order valence-corrected chi connectivity index (χ1v) is 7.07. The number of aromatic nitrogens is 1. The van der Waals surface area contributed by atoms with Gasteiger partial charge < -0.3 is 9.64 Å². The third-order valence-corrected chi connectivity index (χ3v) is 3.28. The van der Waals surface area contributed by atoms with Gasteiger partial charge in [0.1, 0.15) is 18.1 Å². The van der Waals surface area contributed by atoms with Crippen LogP contribution in [0.25, 0.3) is 0 Å². The summed E-state index contributed by atoms with van der Waals surface area (Å²) in [5.74, 6) is 0.512. The molecule has 0 saturated carbocycles. The number of benzene rings is 1. The van der Waals surface area contributed by atoms with Gasteiger partial charge in [-0.2, -0.15) is 0 Å². The molecule has 1 aromatic heterocycles. The Morgan fingerprint density at radius 3 is 2.57 bits per heavy atom. The number of ether oxygens (including phenoxy) is 1. The molecule has 0 radical (unpaired) electrons. The molecule has 0 aliphatic rings. The van der Waals surface area contributed by atoms with Crippen molar-refractivity contribution in [1.29, 1.82) is 0 Å². The average molecular weight is 325 g/mol. The Morgan fingerprint density at radius 2 is 1.90 bits per heavy atom. The van der Waals surface area contributed by atoms with Crippen LogP contribution in [-0.2, 0) is 0 Å². The lowest BCUT2D eigenvalue weighted by Crippen LogP contribution is -2.31. The Labute approximate surface area is 133 Å². The number of hydrogen-bond donors (Lipinski definition) is 0. The van der Waals surface area contributed by atoms with Gasteiger partial charge in [-0.25, -0.2) is 0 Å². The molecule has 110 valence electrons. The van der Waals surface area contributed by atoms with Crippen LogP contribution in [0, 0.1) is 0 Å². The minimum absolute atomic E-state index is 0.197. The standard InChI is InChI=1S/C15H14Cl2N2O2/c1-19(15(20)14-10-12(17)6-7-18-14)8-9-21-13-4-2-11(16)3-5-13/h2-7,10H,8-9H2,1H3. The molecule has 0 spiro atoms. The number of carbonyl (C=O) groups excluding carboxylic acids is 1. The molecule has 2 rings (SSSR count). The molecule has 0 saturated heterocycles. The molecule has 0 aliphatic carbocycles. The van der Waals surface area contributed by atoms with Gasteiger partial charge >= 0.3 is 0 Å². The second-order valence-corrected chi connectivity index (χ2v) is 5.26. The summed E-state index contributed by atoms with van der Waals surface area (Å²) in [5, 5.41) is 1.14. The molecule has 6 heteroatoms. The highest BCUT2D eigenvalue weighted by Gasteiger charge is 2.13. The van der Waals surface area contributed by atoms with Crippen LogP contribution < -0.4 is 4.74 Å². The molecule has 2 aromatic rings. The van der Waals surface area contributed by atoms with Gasteiger partial charge in [-0.15, -0.1) is 0 Å². The molecule has 1 amide bonds. The van der Waals surface area contributed by atoms with E-state index in [2.05, 4.69) is 4.98 Å². The number of hydrogen-bond acceptors (Lipinski definition) is 3. The van der Waals surface area contributed by atoms with E-state index in [4.69, 9.17) is 27.9 Å². The molecule has 0 aliphatic heterocycles. The van der Waals surface area contributed by atoms with E-state index in [9.17, 15) is 4.79 Å². The van der Waals surface area contributed by atoms with Crippen LogP contribution in [0.1, 0.15) is 10.5 Å². The van der Waals surface area contributed by atoms with Gasteiger partial charge in [0, 0.05) is 23.3 Å². The van der Waals surface area contributed by atoms with Gasteiger partial charge in [-0.05, 0) is 36.4 Å². The molecule has 0 atom stereocenters. The van der Waals surface area contributed by atoms with Crippen molar-refractivity contribution in [1.82, 2.24) is 9.88 Å². The zero-order chi connectivity index (χ0) is 15.2. The number of carbonyl (C=O) groups is 1. The lowest BCUT2D eigenvalue weighted by atomic mass is 10.3. The fourth-order valence-electron chi connectivity index (χ4n) is 1.65. The minimum atomic E-state index is -0.197. The Balaban J connectivity index is 1.85. The summed E-state index contributed by atoms with van der Waals surface area (Å²) < 4.78 is 5.54.